The minimum atomic E-state index is -2.99. The van der Waals surface area contributed by atoms with Crippen LogP contribution in [0.1, 0.15) is 17.4 Å². The molecule has 6 nitrogen and oxygen atoms in total. The molecule has 1 heterocycles. The molecular weight excluding hydrogens is 206 g/mol. The molecule has 1 aromatic rings. The van der Waals surface area contributed by atoms with E-state index >= 15 is 0 Å². The number of carbonyl (C=O) groups is 1. The summed E-state index contributed by atoms with van der Waals surface area (Å²) in [5.41, 5.74) is 0.207. The van der Waals surface area contributed by atoms with E-state index in [0.717, 1.165) is 0 Å². The summed E-state index contributed by atoms with van der Waals surface area (Å²) in [7, 11) is -2.99. The zero-order valence-electron chi connectivity index (χ0n) is 7.75. The highest BCUT2D eigenvalue weighted by Gasteiger charge is 2.08. The van der Waals surface area contributed by atoms with E-state index in [9.17, 15) is 13.2 Å². The van der Waals surface area contributed by atoms with E-state index in [0.29, 0.717) is 6.29 Å². The summed E-state index contributed by atoms with van der Waals surface area (Å²) in [5.74, 6) is 0.132. The predicted octanol–water partition coefficient (Wildman–Crippen LogP) is -0.475. The molecule has 78 valence electrons. The third-order valence-corrected chi connectivity index (χ3v) is 3.43. The smallest absolute Gasteiger partial charge is 0.171 e. The molecular formula is C7H11N3O3S. The summed E-state index contributed by atoms with van der Waals surface area (Å²) < 4.78 is 23.6. The molecule has 1 rings (SSSR count). The molecule has 0 fully saturated rings. The van der Waals surface area contributed by atoms with Gasteiger partial charge in [-0.3, -0.25) is 9.48 Å². The Kier molecular flexibility index (Phi) is 3.34. The van der Waals surface area contributed by atoms with Gasteiger partial charge in [0.1, 0.15) is 5.69 Å². The van der Waals surface area contributed by atoms with Crippen molar-refractivity contribution in [3.05, 3.63) is 11.9 Å². The Morgan fingerprint density at radius 1 is 1.57 bits per heavy atom. The number of hydrogen-bond donors (Lipinski definition) is 0. The van der Waals surface area contributed by atoms with Crippen molar-refractivity contribution in [3.8, 4) is 0 Å². The first kappa shape index (κ1) is 10.8. The summed E-state index contributed by atoms with van der Waals surface area (Å²) in [6.45, 7) is 1.82. The van der Waals surface area contributed by atoms with Crippen LogP contribution in [0.2, 0.25) is 0 Å². The van der Waals surface area contributed by atoms with Crippen LogP contribution in [0.3, 0.4) is 0 Å². The van der Waals surface area contributed by atoms with Gasteiger partial charge in [-0.2, -0.15) is 0 Å². The predicted molar refractivity (Wildman–Crippen MR) is 49.7 cm³/mol. The second-order valence-electron chi connectivity index (χ2n) is 2.76. The fourth-order valence-corrected chi connectivity index (χ4v) is 1.61. The maximum Gasteiger partial charge on any atom is 0.171 e. The Morgan fingerprint density at radius 3 is 2.79 bits per heavy atom. The molecule has 0 aliphatic heterocycles. The van der Waals surface area contributed by atoms with Crippen molar-refractivity contribution in [1.29, 1.82) is 0 Å². The zero-order chi connectivity index (χ0) is 10.6. The molecule has 0 aliphatic rings. The number of carbonyl (C=O) groups excluding carboxylic acids is 1. The molecule has 0 amide bonds. The normalized spacial score (nSPS) is 11.5. The minimum Gasteiger partial charge on any atom is -0.296 e. The monoisotopic (exact) mass is 217 g/mol. The molecule has 0 aromatic carbocycles. The lowest BCUT2D eigenvalue weighted by atomic mass is 10.5. The first-order valence-electron chi connectivity index (χ1n) is 4.13. The lowest BCUT2D eigenvalue weighted by molar-refractivity contribution is 0.111. The van der Waals surface area contributed by atoms with Crippen molar-refractivity contribution in [3.63, 3.8) is 0 Å². The van der Waals surface area contributed by atoms with Gasteiger partial charge in [0.25, 0.3) is 0 Å². The average molecular weight is 217 g/mol. The SMILES string of the molecule is CCS(=O)(=O)CCn1cc(C=O)nn1. The van der Waals surface area contributed by atoms with Crippen LogP contribution in [0.25, 0.3) is 0 Å². The van der Waals surface area contributed by atoms with Gasteiger partial charge in [-0.05, 0) is 0 Å². The lowest BCUT2D eigenvalue weighted by Crippen LogP contribution is -2.14. The molecule has 0 unspecified atom stereocenters. The Hall–Kier alpha value is -1.24. The van der Waals surface area contributed by atoms with Crippen LogP contribution < -0.4 is 0 Å². The number of rotatable bonds is 5. The summed E-state index contributed by atoms with van der Waals surface area (Å²) in [6.07, 6.45) is 1.98. The van der Waals surface area contributed by atoms with E-state index in [1.807, 2.05) is 0 Å². The van der Waals surface area contributed by atoms with E-state index in [2.05, 4.69) is 10.3 Å². The Labute approximate surface area is 81.8 Å². The van der Waals surface area contributed by atoms with Crippen LogP contribution in [-0.4, -0.2) is 41.2 Å². The Bertz CT molecular complexity index is 410. The standard InChI is InChI=1S/C7H11N3O3S/c1-2-14(12,13)4-3-10-5-7(6-11)8-9-10/h5-6H,2-4H2,1H3. The molecule has 0 bridgehead atoms. The van der Waals surface area contributed by atoms with Crippen molar-refractivity contribution < 1.29 is 13.2 Å². The molecule has 0 aliphatic carbocycles. The van der Waals surface area contributed by atoms with Crippen molar-refractivity contribution in [2.75, 3.05) is 11.5 Å². The minimum absolute atomic E-state index is 0.0190. The molecule has 0 spiro atoms. The second kappa shape index (κ2) is 4.32. The molecule has 0 N–H and O–H groups in total. The Balaban J connectivity index is 2.58. The number of aryl methyl sites for hydroxylation is 1. The van der Waals surface area contributed by atoms with Crippen LogP contribution in [0, 0.1) is 0 Å². The van der Waals surface area contributed by atoms with Gasteiger partial charge in [-0.25, -0.2) is 8.42 Å². The summed E-state index contributed by atoms with van der Waals surface area (Å²) in [5, 5.41) is 7.11. The summed E-state index contributed by atoms with van der Waals surface area (Å²) >= 11 is 0. The highest BCUT2D eigenvalue weighted by molar-refractivity contribution is 7.91. The van der Waals surface area contributed by atoms with Crippen molar-refractivity contribution >= 4 is 16.1 Å². The van der Waals surface area contributed by atoms with Gasteiger partial charge in [-0.1, -0.05) is 12.1 Å². The summed E-state index contributed by atoms with van der Waals surface area (Å²) in [4.78, 5) is 10.2. The number of aldehydes is 1. The van der Waals surface area contributed by atoms with Gasteiger partial charge >= 0.3 is 0 Å². The van der Waals surface area contributed by atoms with E-state index in [-0.39, 0.29) is 23.7 Å². The van der Waals surface area contributed by atoms with Crippen LogP contribution in [0.5, 0.6) is 0 Å². The zero-order valence-corrected chi connectivity index (χ0v) is 8.57. The number of sulfone groups is 1. The van der Waals surface area contributed by atoms with E-state index < -0.39 is 9.84 Å². The van der Waals surface area contributed by atoms with E-state index in [4.69, 9.17) is 0 Å². The molecule has 0 saturated heterocycles. The fourth-order valence-electron chi connectivity index (χ4n) is 0.854. The molecule has 7 heteroatoms. The second-order valence-corrected chi connectivity index (χ2v) is 5.23. The third-order valence-electron chi connectivity index (χ3n) is 1.75. The number of nitrogens with zero attached hydrogens (tertiary/aromatic N) is 3. The van der Waals surface area contributed by atoms with Gasteiger partial charge in [0.05, 0.1) is 18.5 Å². The van der Waals surface area contributed by atoms with Gasteiger partial charge in [0.2, 0.25) is 0 Å². The summed E-state index contributed by atoms with van der Waals surface area (Å²) in [6, 6.07) is 0. The van der Waals surface area contributed by atoms with E-state index in [1.54, 1.807) is 6.92 Å². The number of aromatic nitrogens is 3. The van der Waals surface area contributed by atoms with Gasteiger partial charge in [0, 0.05) is 5.75 Å². The van der Waals surface area contributed by atoms with Crippen LogP contribution in [0.15, 0.2) is 6.20 Å². The quantitative estimate of drug-likeness (QED) is 0.622. The maximum atomic E-state index is 11.1. The highest BCUT2D eigenvalue weighted by atomic mass is 32.2. The largest absolute Gasteiger partial charge is 0.296 e. The topological polar surface area (TPSA) is 81.9 Å². The molecule has 0 saturated carbocycles. The van der Waals surface area contributed by atoms with Gasteiger partial charge in [0.15, 0.2) is 16.1 Å². The van der Waals surface area contributed by atoms with Crippen molar-refractivity contribution in [1.82, 2.24) is 15.0 Å². The Morgan fingerprint density at radius 2 is 2.29 bits per heavy atom. The van der Waals surface area contributed by atoms with Gasteiger partial charge < -0.3 is 0 Å². The third kappa shape index (κ3) is 2.91. The molecule has 0 atom stereocenters. The van der Waals surface area contributed by atoms with Crippen LogP contribution in [0.4, 0.5) is 0 Å². The highest BCUT2D eigenvalue weighted by Crippen LogP contribution is 1.93. The van der Waals surface area contributed by atoms with Crippen LogP contribution >= 0.6 is 0 Å². The molecule has 1 aromatic heterocycles. The van der Waals surface area contributed by atoms with Crippen molar-refractivity contribution in [2.24, 2.45) is 0 Å². The first-order chi connectivity index (χ1) is 6.57. The maximum absolute atomic E-state index is 11.1. The average Bonchev–Trinajstić information content (AvgIpc) is 2.63. The van der Waals surface area contributed by atoms with Gasteiger partial charge in [-0.15, -0.1) is 5.10 Å². The molecule has 0 radical (unpaired) electrons. The van der Waals surface area contributed by atoms with E-state index in [1.165, 1.54) is 10.9 Å². The number of hydrogen-bond acceptors (Lipinski definition) is 5. The van der Waals surface area contributed by atoms with Crippen LogP contribution in [-0.2, 0) is 16.4 Å². The first-order valence-corrected chi connectivity index (χ1v) is 5.95. The van der Waals surface area contributed by atoms with Crippen molar-refractivity contribution in [2.45, 2.75) is 13.5 Å². The lowest BCUT2D eigenvalue weighted by Gasteiger charge is -1.99. The fraction of sp³-hybridized carbons (Fsp3) is 0.571. The molecule has 14 heavy (non-hydrogen) atoms.